The highest BCUT2D eigenvalue weighted by Crippen LogP contribution is 2.16. The van der Waals surface area contributed by atoms with Gasteiger partial charge in [0.2, 0.25) is 5.88 Å². The van der Waals surface area contributed by atoms with E-state index in [2.05, 4.69) is 15.3 Å². The van der Waals surface area contributed by atoms with Gasteiger partial charge in [0.1, 0.15) is 4.88 Å². The molecule has 1 N–H and O–H groups in total. The number of nitrogens with one attached hydrogen (secondary N) is 1. The van der Waals surface area contributed by atoms with Crippen molar-refractivity contribution < 1.29 is 9.53 Å². The van der Waals surface area contributed by atoms with Gasteiger partial charge >= 0.3 is 0 Å². The molecule has 1 amide bonds. The van der Waals surface area contributed by atoms with Gasteiger partial charge in [0.05, 0.1) is 30.2 Å². The minimum absolute atomic E-state index is 0.169. The van der Waals surface area contributed by atoms with Gasteiger partial charge < -0.3 is 10.1 Å². The van der Waals surface area contributed by atoms with E-state index >= 15 is 0 Å². The minimum atomic E-state index is -0.169. The molecule has 5 nitrogen and oxygen atoms in total. The van der Waals surface area contributed by atoms with E-state index in [-0.39, 0.29) is 5.91 Å². The summed E-state index contributed by atoms with van der Waals surface area (Å²) in [6.45, 7) is 1.80. The molecule has 0 radical (unpaired) electrons. The number of hydrogen-bond acceptors (Lipinski definition) is 5. The van der Waals surface area contributed by atoms with Gasteiger partial charge in [-0.1, -0.05) is 0 Å². The Morgan fingerprint density at radius 3 is 2.76 bits per heavy atom. The Bertz CT molecular complexity index is 522. The van der Waals surface area contributed by atoms with E-state index in [1.165, 1.54) is 11.3 Å². The van der Waals surface area contributed by atoms with Crippen molar-refractivity contribution in [2.45, 2.75) is 6.92 Å². The number of nitrogens with zero attached hydrogens (tertiary/aromatic N) is 2. The van der Waals surface area contributed by atoms with Gasteiger partial charge in [-0.2, -0.15) is 0 Å². The van der Waals surface area contributed by atoms with E-state index < -0.39 is 0 Å². The predicted molar refractivity (Wildman–Crippen MR) is 65.6 cm³/mol. The number of methoxy groups -OCH3 is 1. The molecule has 2 heterocycles. The SMILES string of the molecule is COc1ccc(NC(=O)c2scnc2C)cn1. The van der Waals surface area contributed by atoms with Crippen molar-refractivity contribution in [2.75, 3.05) is 12.4 Å². The van der Waals surface area contributed by atoms with Crippen molar-refractivity contribution in [3.63, 3.8) is 0 Å². The highest BCUT2D eigenvalue weighted by atomic mass is 32.1. The Hall–Kier alpha value is -1.95. The van der Waals surface area contributed by atoms with Gasteiger partial charge in [0.25, 0.3) is 5.91 Å². The molecule has 88 valence electrons. The van der Waals surface area contributed by atoms with Crippen LogP contribution in [-0.2, 0) is 0 Å². The maximum Gasteiger partial charge on any atom is 0.267 e. The van der Waals surface area contributed by atoms with Crippen molar-refractivity contribution >= 4 is 22.9 Å². The van der Waals surface area contributed by atoms with E-state index in [0.29, 0.717) is 16.4 Å². The third-order valence-corrected chi connectivity index (χ3v) is 3.08. The molecule has 0 atom stereocenters. The van der Waals surface area contributed by atoms with Crippen LogP contribution in [-0.4, -0.2) is 23.0 Å². The quantitative estimate of drug-likeness (QED) is 0.904. The first kappa shape index (κ1) is 11.5. The molecule has 0 aliphatic heterocycles. The van der Waals surface area contributed by atoms with Gasteiger partial charge in [0, 0.05) is 6.07 Å². The number of thiazole rings is 1. The number of carbonyl (C=O) groups is 1. The van der Waals surface area contributed by atoms with E-state index in [9.17, 15) is 4.79 Å². The van der Waals surface area contributed by atoms with E-state index in [4.69, 9.17) is 4.74 Å². The number of hydrogen-bond donors (Lipinski definition) is 1. The molecule has 0 bridgehead atoms. The second-order valence-corrected chi connectivity index (χ2v) is 4.17. The molecule has 0 aliphatic carbocycles. The number of aryl methyl sites for hydroxylation is 1. The van der Waals surface area contributed by atoms with E-state index in [0.717, 1.165) is 5.69 Å². The molecule has 0 aliphatic rings. The summed E-state index contributed by atoms with van der Waals surface area (Å²) in [6.07, 6.45) is 1.55. The fraction of sp³-hybridized carbons (Fsp3) is 0.182. The molecular weight excluding hydrogens is 238 g/mol. The first-order chi connectivity index (χ1) is 8.20. The van der Waals surface area contributed by atoms with Crippen LogP contribution in [0.3, 0.4) is 0 Å². The maximum atomic E-state index is 11.9. The molecule has 0 fully saturated rings. The summed E-state index contributed by atoms with van der Waals surface area (Å²) in [5.74, 6) is 0.342. The Morgan fingerprint density at radius 2 is 2.24 bits per heavy atom. The zero-order chi connectivity index (χ0) is 12.3. The number of pyridine rings is 1. The van der Waals surface area contributed by atoms with Crippen LogP contribution in [0.5, 0.6) is 5.88 Å². The molecular formula is C11H11N3O2S. The molecule has 0 aromatic carbocycles. The summed E-state index contributed by atoms with van der Waals surface area (Å²) < 4.78 is 4.93. The molecule has 2 aromatic heterocycles. The molecule has 0 saturated carbocycles. The number of carbonyl (C=O) groups excluding carboxylic acids is 1. The first-order valence-electron chi connectivity index (χ1n) is 4.92. The summed E-state index contributed by atoms with van der Waals surface area (Å²) in [5, 5.41) is 2.75. The Labute approximate surface area is 102 Å². The van der Waals surface area contributed by atoms with Crippen LogP contribution in [0.2, 0.25) is 0 Å². The third-order valence-electron chi connectivity index (χ3n) is 2.16. The molecule has 6 heteroatoms. The highest BCUT2D eigenvalue weighted by Gasteiger charge is 2.11. The molecule has 2 aromatic rings. The fourth-order valence-electron chi connectivity index (χ4n) is 1.28. The summed E-state index contributed by atoms with van der Waals surface area (Å²) in [5.41, 5.74) is 3.01. The van der Waals surface area contributed by atoms with Crippen molar-refractivity contribution in [1.82, 2.24) is 9.97 Å². The van der Waals surface area contributed by atoms with Crippen molar-refractivity contribution in [1.29, 1.82) is 0 Å². The average Bonchev–Trinajstić information content (AvgIpc) is 2.76. The van der Waals surface area contributed by atoms with Crippen molar-refractivity contribution in [3.8, 4) is 5.88 Å². The van der Waals surface area contributed by atoms with E-state index in [1.54, 1.807) is 37.9 Å². The summed E-state index contributed by atoms with van der Waals surface area (Å²) in [4.78, 5) is 20.5. The molecule has 0 saturated heterocycles. The third kappa shape index (κ3) is 2.59. The Balaban J connectivity index is 2.10. The van der Waals surface area contributed by atoms with Crippen LogP contribution >= 0.6 is 11.3 Å². The lowest BCUT2D eigenvalue weighted by atomic mass is 10.3. The Kier molecular flexibility index (Phi) is 3.34. The number of amides is 1. The first-order valence-corrected chi connectivity index (χ1v) is 5.80. The lowest BCUT2D eigenvalue weighted by molar-refractivity contribution is 0.102. The van der Waals surface area contributed by atoms with Crippen LogP contribution in [0.4, 0.5) is 5.69 Å². The normalized spacial score (nSPS) is 10.0. The van der Waals surface area contributed by atoms with Gasteiger partial charge in [-0.3, -0.25) is 4.79 Å². The van der Waals surface area contributed by atoms with Crippen LogP contribution < -0.4 is 10.1 Å². The summed E-state index contributed by atoms with van der Waals surface area (Å²) in [6, 6.07) is 3.43. The second kappa shape index (κ2) is 4.92. The number of aromatic nitrogens is 2. The largest absolute Gasteiger partial charge is 0.481 e. The number of anilines is 1. The summed E-state index contributed by atoms with van der Waals surface area (Å²) >= 11 is 1.32. The van der Waals surface area contributed by atoms with Crippen molar-refractivity contribution in [2.24, 2.45) is 0 Å². The van der Waals surface area contributed by atoms with Gasteiger partial charge in [-0.05, 0) is 13.0 Å². The van der Waals surface area contributed by atoms with Crippen LogP contribution in [0.25, 0.3) is 0 Å². The maximum absolute atomic E-state index is 11.9. The van der Waals surface area contributed by atoms with Crippen LogP contribution in [0.15, 0.2) is 23.8 Å². The fourth-order valence-corrected chi connectivity index (χ4v) is 1.98. The van der Waals surface area contributed by atoms with Crippen LogP contribution in [0, 0.1) is 6.92 Å². The zero-order valence-corrected chi connectivity index (χ0v) is 10.2. The average molecular weight is 249 g/mol. The molecule has 2 rings (SSSR count). The lowest BCUT2D eigenvalue weighted by Gasteiger charge is -2.04. The van der Waals surface area contributed by atoms with Crippen molar-refractivity contribution in [3.05, 3.63) is 34.4 Å². The van der Waals surface area contributed by atoms with Crippen LogP contribution in [0.1, 0.15) is 15.4 Å². The smallest absolute Gasteiger partial charge is 0.267 e. The summed E-state index contributed by atoms with van der Waals surface area (Å²) in [7, 11) is 1.54. The van der Waals surface area contributed by atoms with Gasteiger partial charge in [0.15, 0.2) is 0 Å². The standard InChI is InChI=1S/C11H11N3O2S/c1-7-10(17-6-13-7)11(15)14-8-3-4-9(16-2)12-5-8/h3-6H,1-2H3,(H,14,15). The number of ether oxygens (including phenoxy) is 1. The molecule has 0 spiro atoms. The molecule has 0 unspecified atom stereocenters. The Morgan fingerprint density at radius 1 is 1.41 bits per heavy atom. The van der Waals surface area contributed by atoms with Gasteiger partial charge in [-0.25, -0.2) is 9.97 Å². The topological polar surface area (TPSA) is 64.1 Å². The lowest BCUT2D eigenvalue weighted by Crippen LogP contribution is -2.11. The van der Waals surface area contributed by atoms with E-state index in [1.807, 2.05) is 0 Å². The highest BCUT2D eigenvalue weighted by molar-refractivity contribution is 7.12. The second-order valence-electron chi connectivity index (χ2n) is 3.31. The number of rotatable bonds is 3. The zero-order valence-electron chi connectivity index (χ0n) is 9.43. The monoisotopic (exact) mass is 249 g/mol. The molecule has 17 heavy (non-hydrogen) atoms. The van der Waals surface area contributed by atoms with Gasteiger partial charge in [-0.15, -0.1) is 11.3 Å². The minimum Gasteiger partial charge on any atom is -0.481 e. The predicted octanol–water partition coefficient (Wildman–Crippen LogP) is 2.11.